The van der Waals surface area contributed by atoms with Crippen LogP contribution in [-0.4, -0.2) is 30.4 Å². The molecule has 0 unspecified atom stereocenters. The van der Waals surface area contributed by atoms with E-state index in [0.717, 1.165) is 25.7 Å². The monoisotopic (exact) mass is 354 g/mol. The Morgan fingerprint density at radius 2 is 1.83 bits per heavy atom. The maximum absolute atomic E-state index is 12.0. The SMILES string of the molecule is CC(=O)c1ccc(OCCCC(=O)NC2(CN)CCCC2)cc1.Cl. The predicted octanol–water partition coefficient (Wildman–Crippen LogP) is 2.86. The number of nitrogens with one attached hydrogen (secondary N) is 1. The lowest BCUT2D eigenvalue weighted by Crippen LogP contribution is -2.51. The van der Waals surface area contributed by atoms with Gasteiger partial charge >= 0.3 is 0 Å². The molecule has 0 aliphatic heterocycles. The number of carbonyl (C=O) groups is 2. The summed E-state index contributed by atoms with van der Waals surface area (Å²) >= 11 is 0. The van der Waals surface area contributed by atoms with Crippen LogP contribution in [0.15, 0.2) is 24.3 Å². The highest BCUT2D eigenvalue weighted by Gasteiger charge is 2.33. The summed E-state index contributed by atoms with van der Waals surface area (Å²) in [6, 6.07) is 7.04. The lowest BCUT2D eigenvalue weighted by Gasteiger charge is -2.28. The minimum Gasteiger partial charge on any atom is -0.494 e. The molecule has 0 atom stereocenters. The van der Waals surface area contributed by atoms with Crippen LogP contribution in [0, 0.1) is 0 Å². The minimum atomic E-state index is -0.180. The number of Topliss-reactive ketones (excluding diaryl/α,β-unsaturated/α-hetero) is 1. The molecule has 0 spiro atoms. The highest BCUT2D eigenvalue weighted by Crippen LogP contribution is 2.28. The second kappa shape index (κ2) is 9.64. The molecule has 6 heteroatoms. The molecule has 1 aromatic carbocycles. The van der Waals surface area contributed by atoms with Crippen molar-refractivity contribution in [3.8, 4) is 5.75 Å². The summed E-state index contributed by atoms with van der Waals surface area (Å²) in [5.74, 6) is 0.798. The average molecular weight is 355 g/mol. The summed E-state index contributed by atoms with van der Waals surface area (Å²) < 4.78 is 5.60. The van der Waals surface area contributed by atoms with Gasteiger partial charge in [0.05, 0.1) is 12.1 Å². The number of rotatable bonds is 8. The minimum absolute atomic E-state index is 0. The summed E-state index contributed by atoms with van der Waals surface area (Å²) in [7, 11) is 0. The second-order valence-corrected chi connectivity index (χ2v) is 6.27. The number of ketones is 1. The molecule has 0 bridgehead atoms. The molecule has 5 nitrogen and oxygen atoms in total. The van der Waals surface area contributed by atoms with E-state index in [1.165, 1.54) is 6.92 Å². The Kier molecular flexibility index (Phi) is 8.22. The Morgan fingerprint density at radius 1 is 1.21 bits per heavy atom. The van der Waals surface area contributed by atoms with Gasteiger partial charge in [-0.15, -0.1) is 12.4 Å². The number of nitrogens with two attached hydrogens (primary N) is 1. The quantitative estimate of drug-likeness (QED) is 0.555. The van der Waals surface area contributed by atoms with Gasteiger partial charge < -0.3 is 15.8 Å². The fraction of sp³-hybridized carbons (Fsp3) is 0.556. The van der Waals surface area contributed by atoms with Crippen LogP contribution in [-0.2, 0) is 4.79 Å². The zero-order chi connectivity index (χ0) is 16.7. The van der Waals surface area contributed by atoms with Gasteiger partial charge in [-0.3, -0.25) is 9.59 Å². The first-order chi connectivity index (χ1) is 11.0. The molecule has 2 rings (SSSR count). The number of hydrogen-bond donors (Lipinski definition) is 2. The third-order valence-corrected chi connectivity index (χ3v) is 4.43. The maximum Gasteiger partial charge on any atom is 0.220 e. The van der Waals surface area contributed by atoms with Gasteiger partial charge in [0, 0.05) is 18.5 Å². The molecule has 1 amide bonds. The zero-order valence-corrected chi connectivity index (χ0v) is 15.0. The van der Waals surface area contributed by atoms with Crippen molar-refractivity contribution in [3.05, 3.63) is 29.8 Å². The number of halogens is 1. The van der Waals surface area contributed by atoms with Crippen LogP contribution in [0.25, 0.3) is 0 Å². The fourth-order valence-electron chi connectivity index (χ4n) is 3.00. The van der Waals surface area contributed by atoms with E-state index < -0.39 is 0 Å². The van der Waals surface area contributed by atoms with Gasteiger partial charge in [-0.05, 0) is 50.5 Å². The Hall–Kier alpha value is -1.59. The maximum atomic E-state index is 12.0. The van der Waals surface area contributed by atoms with E-state index in [2.05, 4.69) is 5.32 Å². The topological polar surface area (TPSA) is 81.4 Å². The molecule has 1 saturated carbocycles. The standard InChI is InChI=1S/C18H26N2O3.ClH/c1-14(21)15-6-8-16(9-7-15)23-12-4-5-17(22)20-18(13-19)10-2-3-11-18;/h6-9H,2-5,10-13,19H2,1H3,(H,20,22);1H. The molecule has 0 saturated heterocycles. The normalized spacial score (nSPS) is 15.4. The van der Waals surface area contributed by atoms with E-state index in [1.807, 2.05) is 0 Å². The van der Waals surface area contributed by atoms with Crippen LogP contribution in [0.4, 0.5) is 0 Å². The van der Waals surface area contributed by atoms with Crippen molar-refractivity contribution in [2.75, 3.05) is 13.2 Å². The first-order valence-corrected chi connectivity index (χ1v) is 8.29. The molecule has 24 heavy (non-hydrogen) atoms. The van der Waals surface area contributed by atoms with Gasteiger partial charge in [0.15, 0.2) is 5.78 Å². The average Bonchev–Trinajstić information content (AvgIpc) is 3.01. The molecule has 1 aliphatic carbocycles. The fourth-order valence-corrected chi connectivity index (χ4v) is 3.00. The number of carbonyl (C=O) groups excluding carboxylic acids is 2. The Balaban J connectivity index is 0.00000288. The Morgan fingerprint density at radius 3 is 2.38 bits per heavy atom. The predicted molar refractivity (Wildman–Crippen MR) is 96.8 cm³/mol. The van der Waals surface area contributed by atoms with E-state index >= 15 is 0 Å². The van der Waals surface area contributed by atoms with Crippen molar-refractivity contribution >= 4 is 24.1 Å². The highest BCUT2D eigenvalue weighted by molar-refractivity contribution is 5.94. The van der Waals surface area contributed by atoms with Crippen molar-refractivity contribution in [1.29, 1.82) is 0 Å². The smallest absolute Gasteiger partial charge is 0.220 e. The van der Waals surface area contributed by atoms with E-state index in [-0.39, 0.29) is 29.6 Å². The molecular weight excluding hydrogens is 328 g/mol. The van der Waals surface area contributed by atoms with Crippen molar-refractivity contribution in [2.24, 2.45) is 5.73 Å². The van der Waals surface area contributed by atoms with Crippen LogP contribution >= 0.6 is 12.4 Å². The van der Waals surface area contributed by atoms with Gasteiger partial charge in [-0.1, -0.05) is 12.8 Å². The van der Waals surface area contributed by atoms with Crippen molar-refractivity contribution in [2.45, 2.75) is 51.0 Å². The highest BCUT2D eigenvalue weighted by atomic mass is 35.5. The molecule has 0 heterocycles. The van der Waals surface area contributed by atoms with Gasteiger partial charge in [-0.2, -0.15) is 0 Å². The van der Waals surface area contributed by atoms with Crippen LogP contribution < -0.4 is 15.8 Å². The van der Waals surface area contributed by atoms with Crippen molar-refractivity contribution < 1.29 is 14.3 Å². The van der Waals surface area contributed by atoms with Gasteiger partial charge in [0.25, 0.3) is 0 Å². The molecule has 134 valence electrons. The van der Waals surface area contributed by atoms with Crippen molar-refractivity contribution in [1.82, 2.24) is 5.32 Å². The molecule has 3 N–H and O–H groups in total. The molecule has 1 aromatic rings. The van der Waals surface area contributed by atoms with E-state index in [1.54, 1.807) is 24.3 Å². The molecular formula is C18H27ClN2O3. The first kappa shape index (κ1) is 20.5. The van der Waals surface area contributed by atoms with E-state index in [0.29, 0.717) is 37.3 Å². The number of hydrogen-bond acceptors (Lipinski definition) is 4. The summed E-state index contributed by atoms with van der Waals surface area (Å²) in [6.45, 7) is 2.52. The first-order valence-electron chi connectivity index (χ1n) is 8.29. The van der Waals surface area contributed by atoms with E-state index in [4.69, 9.17) is 10.5 Å². The summed E-state index contributed by atoms with van der Waals surface area (Å²) in [5, 5.41) is 3.10. The van der Waals surface area contributed by atoms with Crippen LogP contribution in [0.1, 0.15) is 55.8 Å². The lowest BCUT2D eigenvalue weighted by atomic mass is 9.97. The van der Waals surface area contributed by atoms with Gasteiger partial charge in [0.1, 0.15) is 5.75 Å². The molecule has 0 radical (unpaired) electrons. The zero-order valence-electron chi connectivity index (χ0n) is 14.2. The summed E-state index contributed by atoms with van der Waals surface area (Å²) in [6.07, 6.45) is 5.32. The Bertz CT molecular complexity index is 540. The van der Waals surface area contributed by atoms with Gasteiger partial charge in [-0.25, -0.2) is 0 Å². The molecule has 1 aliphatic rings. The number of ether oxygens (including phenoxy) is 1. The van der Waals surface area contributed by atoms with Crippen LogP contribution in [0.3, 0.4) is 0 Å². The third-order valence-electron chi connectivity index (χ3n) is 4.43. The number of amides is 1. The largest absolute Gasteiger partial charge is 0.494 e. The van der Waals surface area contributed by atoms with Crippen LogP contribution in [0.2, 0.25) is 0 Å². The van der Waals surface area contributed by atoms with Crippen LogP contribution in [0.5, 0.6) is 5.75 Å². The number of benzene rings is 1. The molecule has 1 fully saturated rings. The lowest BCUT2D eigenvalue weighted by molar-refractivity contribution is -0.123. The third kappa shape index (κ3) is 5.80. The summed E-state index contributed by atoms with van der Waals surface area (Å²) in [4.78, 5) is 23.2. The molecule has 0 aromatic heterocycles. The van der Waals surface area contributed by atoms with E-state index in [9.17, 15) is 9.59 Å². The van der Waals surface area contributed by atoms with Crippen molar-refractivity contribution in [3.63, 3.8) is 0 Å². The summed E-state index contributed by atoms with van der Waals surface area (Å²) in [5.41, 5.74) is 6.30. The second-order valence-electron chi connectivity index (χ2n) is 6.27. The Labute approximate surface area is 149 Å². The van der Waals surface area contributed by atoms with Gasteiger partial charge in [0.2, 0.25) is 5.91 Å².